The van der Waals surface area contributed by atoms with E-state index in [1.54, 1.807) is 11.8 Å². The average Bonchev–Trinajstić information content (AvgIpc) is 2.66. The van der Waals surface area contributed by atoms with Gasteiger partial charge in [-0.25, -0.2) is 4.79 Å². The van der Waals surface area contributed by atoms with Gasteiger partial charge in [0, 0.05) is 12.2 Å². The van der Waals surface area contributed by atoms with Crippen LogP contribution in [0.5, 0.6) is 5.75 Å². The lowest BCUT2D eigenvalue weighted by molar-refractivity contribution is -0.137. The summed E-state index contributed by atoms with van der Waals surface area (Å²) >= 11 is 0. The lowest BCUT2D eigenvalue weighted by atomic mass is 10.1. The zero-order chi connectivity index (χ0) is 18.5. The van der Waals surface area contributed by atoms with E-state index in [1.165, 1.54) is 6.08 Å². The van der Waals surface area contributed by atoms with Crippen molar-refractivity contribution in [1.29, 1.82) is 0 Å². The number of hydrogen-bond donors (Lipinski definition) is 0. The molecule has 1 unspecified atom stereocenters. The van der Waals surface area contributed by atoms with Gasteiger partial charge in [0.15, 0.2) is 0 Å². The average molecular weight is 351 g/mol. The summed E-state index contributed by atoms with van der Waals surface area (Å²) in [5.74, 6) is -0.159. The van der Waals surface area contributed by atoms with Crippen LogP contribution in [-0.4, -0.2) is 25.0 Å². The summed E-state index contributed by atoms with van der Waals surface area (Å²) < 4.78 is 11.0. The summed E-state index contributed by atoms with van der Waals surface area (Å²) in [5, 5.41) is 0. The van der Waals surface area contributed by atoms with Crippen LogP contribution in [0.2, 0.25) is 0 Å². The standard InChI is InChI=1S/C21H21NO4/c1-3-25-21(24)12-11-20(23)22-14-19(16-7-5-4-6-8-16)26-18-13-15(2)9-10-17(18)22/h4-13,19H,3,14H2,1-2H3. The Morgan fingerprint density at radius 1 is 1.19 bits per heavy atom. The van der Waals surface area contributed by atoms with Crippen LogP contribution in [0, 0.1) is 6.92 Å². The van der Waals surface area contributed by atoms with Crippen LogP contribution < -0.4 is 9.64 Å². The lowest BCUT2D eigenvalue weighted by Crippen LogP contribution is -2.39. The molecule has 26 heavy (non-hydrogen) atoms. The minimum absolute atomic E-state index is 0.271. The van der Waals surface area contributed by atoms with E-state index in [1.807, 2.05) is 55.5 Å². The van der Waals surface area contributed by atoms with Crippen LogP contribution in [0.15, 0.2) is 60.7 Å². The van der Waals surface area contributed by atoms with Crippen molar-refractivity contribution in [1.82, 2.24) is 0 Å². The van der Waals surface area contributed by atoms with Crippen molar-refractivity contribution < 1.29 is 19.1 Å². The molecule has 5 heteroatoms. The van der Waals surface area contributed by atoms with E-state index >= 15 is 0 Å². The molecular weight excluding hydrogens is 330 g/mol. The van der Waals surface area contributed by atoms with Gasteiger partial charge in [0.05, 0.1) is 18.8 Å². The van der Waals surface area contributed by atoms with Crippen molar-refractivity contribution in [3.63, 3.8) is 0 Å². The molecule has 0 radical (unpaired) electrons. The Morgan fingerprint density at radius 2 is 1.96 bits per heavy atom. The third kappa shape index (κ3) is 3.94. The predicted molar refractivity (Wildman–Crippen MR) is 99.1 cm³/mol. The third-order valence-electron chi connectivity index (χ3n) is 4.11. The lowest BCUT2D eigenvalue weighted by Gasteiger charge is -2.34. The summed E-state index contributed by atoms with van der Waals surface area (Å²) in [5.41, 5.74) is 2.74. The minimum atomic E-state index is -0.530. The Balaban J connectivity index is 1.90. The second-order valence-electron chi connectivity index (χ2n) is 6.02. The van der Waals surface area contributed by atoms with E-state index in [4.69, 9.17) is 9.47 Å². The Labute approximate surface area is 152 Å². The number of rotatable bonds is 4. The van der Waals surface area contributed by atoms with Crippen molar-refractivity contribution in [3.05, 3.63) is 71.8 Å². The van der Waals surface area contributed by atoms with Crippen LogP contribution in [0.3, 0.4) is 0 Å². The van der Waals surface area contributed by atoms with E-state index in [9.17, 15) is 9.59 Å². The Hall–Kier alpha value is -3.08. The summed E-state index contributed by atoms with van der Waals surface area (Å²) in [6.07, 6.45) is 2.13. The SMILES string of the molecule is CCOC(=O)C=CC(=O)N1CC(c2ccccc2)Oc2cc(C)ccc21. The number of carbonyl (C=O) groups is 2. The fourth-order valence-electron chi connectivity index (χ4n) is 2.86. The second kappa shape index (κ2) is 7.87. The number of nitrogens with zero attached hydrogens (tertiary/aromatic N) is 1. The first-order valence-electron chi connectivity index (χ1n) is 8.57. The predicted octanol–water partition coefficient (Wildman–Crippen LogP) is 3.58. The highest BCUT2D eigenvalue weighted by molar-refractivity contribution is 6.05. The number of benzene rings is 2. The normalized spacial score (nSPS) is 16.1. The van der Waals surface area contributed by atoms with Crippen molar-refractivity contribution >= 4 is 17.6 Å². The van der Waals surface area contributed by atoms with Crippen molar-refractivity contribution in [2.45, 2.75) is 20.0 Å². The largest absolute Gasteiger partial charge is 0.482 e. The van der Waals surface area contributed by atoms with Crippen LogP contribution in [-0.2, 0) is 14.3 Å². The molecule has 3 rings (SSSR count). The number of esters is 1. The summed E-state index contributed by atoms with van der Waals surface area (Å²) in [6.45, 7) is 4.33. The van der Waals surface area contributed by atoms with E-state index in [0.717, 1.165) is 17.2 Å². The van der Waals surface area contributed by atoms with Gasteiger partial charge in [-0.05, 0) is 37.1 Å². The highest BCUT2D eigenvalue weighted by atomic mass is 16.5. The third-order valence-corrected chi connectivity index (χ3v) is 4.11. The Bertz CT molecular complexity index is 829. The van der Waals surface area contributed by atoms with Gasteiger partial charge in [-0.2, -0.15) is 0 Å². The Kier molecular flexibility index (Phi) is 5.37. The summed E-state index contributed by atoms with van der Waals surface area (Å²) in [4.78, 5) is 25.8. The van der Waals surface area contributed by atoms with Gasteiger partial charge >= 0.3 is 5.97 Å². The minimum Gasteiger partial charge on any atom is -0.482 e. The molecule has 2 aromatic carbocycles. The van der Waals surface area contributed by atoms with E-state index < -0.39 is 5.97 Å². The molecule has 0 N–H and O–H groups in total. The maximum atomic E-state index is 12.7. The quantitative estimate of drug-likeness (QED) is 0.624. The molecule has 0 saturated heterocycles. The number of amides is 1. The van der Waals surface area contributed by atoms with Crippen LogP contribution in [0.1, 0.15) is 24.2 Å². The fourth-order valence-corrected chi connectivity index (χ4v) is 2.86. The van der Waals surface area contributed by atoms with Gasteiger partial charge in [0.1, 0.15) is 11.9 Å². The first-order chi connectivity index (χ1) is 12.6. The molecule has 0 bridgehead atoms. The number of anilines is 1. The maximum Gasteiger partial charge on any atom is 0.330 e. The zero-order valence-electron chi connectivity index (χ0n) is 14.8. The molecule has 134 valence electrons. The molecule has 0 fully saturated rings. The molecule has 0 aliphatic carbocycles. The summed E-state index contributed by atoms with van der Waals surface area (Å²) in [6, 6.07) is 15.5. The molecule has 0 saturated carbocycles. The summed E-state index contributed by atoms with van der Waals surface area (Å²) in [7, 11) is 0. The van der Waals surface area contributed by atoms with E-state index in [2.05, 4.69) is 0 Å². The highest BCUT2D eigenvalue weighted by Gasteiger charge is 2.29. The highest BCUT2D eigenvalue weighted by Crippen LogP contribution is 2.38. The van der Waals surface area contributed by atoms with E-state index in [0.29, 0.717) is 18.0 Å². The molecule has 0 aromatic heterocycles. The van der Waals surface area contributed by atoms with E-state index in [-0.39, 0.29) is 18.6 Å². The number of fused-ring (bicyclic) bond motifs is 1. The Morgan fingerprint density at radius 3 is 2.69 bits per heavy atom. The van der Waals surface area contributed by atoms with Crippen molar-refractivity contribution in [2.75, 3.05) is 18.1 Å². The molecule has 2 aromatic rings. The molecule has 1 aliphatic rings. The second-order valence-corrected chi connectivity index (χ2v) is 6.02. The van der Waals surface area contributed by atoms with Gasteiger partial charge in [-0.15, -0.1) is 0 Å². The molecule has 1 atom stereocenters. The molecule has 1 aliphatic heterocycles. The maximum absolute atomic E-state index is 12.7. The van der Waals surface area contributed by atoms with Gasteiger partial charge in [-0.1, -0.05) is 36.4 Å². The topological polar surface area (TPSA) is 55.8 Å². The van der Waals surface area contributed by atoms with Crippen LogP contribution in [0.4, 0.5) is 5.69 Å². The molecule has 5 nitrogen and oxygen atoms in total. The molecule has 0 spiro atoms. The smallest absolute Gasteiger partial charge is 0.330 e. The first-order valence-corrected chi connectivity index (χ1v) is 8.57. The van der Waals surface area contributed by atoms with Crippen molar-refractivity contribution in [3.8, 4) is 5.75 Å². The number of hydrogen-bond acceptors (Lipinski definition) is 4. The van der Waals surface area contributed by atoms with Crippen LogP contribution in [0.25, 0.3) is 0 Å². The van der Waals surface area contributed by atoms with Gasteiger partial charge < -0.3 is 14.4 Å². The molecule has 1 amide bonds. The molecule has 1 heterocycles. The fraction of sp³-hybridized carbons (Fsp3) is 0.238. The van der Waals surface area contributed by atoms with Gasteiger partial charge in [0.25, 0.3) is 5.91 Å². The number of carbonyl (C=O) groups excluding carboxylic acids is 2. The first kappa shape index (κ1) is 17.7. The number of ether oxygens (including phenoxy) is 2. The zero-order valence-corrected chi connectivity index (χ0v) is 14.8. The number of aryl methyl sites for hydroxylation is 1. The monoisotopic (exact) mass is 351 g/mol. The van der Waals surface area contributed by atoms with Gasteiger partial charge in [0.2, 0.25) is 0 Å². The van der Waals surface area contributed by atoms with Gasteiger partial charge in [-0.3, -0.25) is 4.79 Å². The molecular formula is C21H21NO4. The van der Waals surface area contributed by atoms with Crippen LogP contribution >= 0.6 is 0 Å². The van der Waals surface area contributed by atoms with Crippen molar-refractivity contribution in [2.24, 2.45) is 0 Å².